The van der Waals surface area contributed by atoms with Crippen LogP contribution in [0.5, 0.6) is 5.75 Å². The summed E-state index contributed by atoms with van der Waals surface area (Å²) in [5.41, 5.74) is 7.61. The summed E-state index contributed by atoms with van der Waals surface area (Å²) in [5, 5.41) is 7.40. The molecule has 2 aromatic heterocycles. The third-order valence-corrected chi connectivity index (χ3v) is 4.79. The van der Waals surface area contributed by atoms with Crippen LogP contribution in [0, 0.1) is 13.8 Å². The number of hydrogen-bond donors (Lipinski definition) is 1. The molecule has 0 amide bonds. The molecule has 0 radical (unpaired) electrons. The van der Waals surface area contributed by atoms with Gasteiger partial charge in [-0.15, -0.1) is 0 Å². The number of aromatic nitrogens is 3. The molecule has 4 rings (SSSR count). The minimum absolute atomic E-state index is 0.768. The lowest BCUT2D eigenvalue weighted by atomic mass is 9.97. The highest BCUT2D eigenvalue weighted by Gasteiger charge is 2.21. The van der Waals surface area contributed by atoms with Crippen molar-refractivity contribution in [2.24, 2.45) is 0 Å². The van der Waals surface area contributed by atoms with Crippen LogP contribution in [0.3, 0.4) is 0 Å². The van der Waals surface area contributed by atoms with Crippen molar-refractivity contribution in [2.75, 3.05) is 18.6 Å². The number of ether oxygens (including phenoxy) is 1. The molecule has 132 valence electrons. The van der Waals surface area contributed by atoms with Crippen molar-refractivity contribution < 1.29 is 4.74 Å². The van der Waals surface area contributed by atoms with Crippen LogP contribution in [0.4, 0.5) is 5.69 Å². The number of hydrogen-bond acceptors (Lipinski definition) is 4. The van der Waals surface area contributed by atoms with Gasteiger partial charge >= 0.3 is 0 Å². The van der Waals surface area contributed by atoms with Gasteiger partial charge < -0.3 is 9.64 Å². The Morgan fingerprint density at radius 1 is 1.23 bits per heavy atom. The van der Waals surface area contributed by atoms with Gasteiger partial charge in [0.25, 0.3) is 0 Å². The maximum absolute atomic E-state index is 5.74. The number of pyridine rings is 1. The van der Waals surface area contributed by atoms with Crippen molar-refractivity contribution in [3.8, 4) is 16.9 Å². The van der Waals surface area contributed by atoms with Crippen LogP contribution in [0.25, 0.3) is 17.2 Å². The molecule has 0 unspecified atom stereocenters. The molecule has 5 heteroatoms. The number of nitrogens with zero attached hydrogens (tertiary/aromatic N) is 3. The highest BCUT2D eigenvalue weighted by molar-refractivity contribution is 5.83. The van der Waals surface area contributed by atoms with E-state index in [0.717, 1.165) is 52.7 Å². The molecule has 0 saturated carbocycles. The van der Waals surface area contributed by atoms with E-state index < -0.39 is 0 Å². The van der Waals surface area contributed by atoms with E-state index in [0.29, 0.717) is 0 Å². The molecule has 1 N–H and O–H groups in total. The molecule has 1 aromatic carbocycles. The Bertz CT molecular complexity index is 940. The minimum atomic E-state index is 0.768. The summed E-state index contributed by atoms with van der Waals surface area (Å²) in [7, 11) is 1.72. The smallest absolute Gasteiger partial charge is 0.128 e. The zero-order valence-electron chi connectivity index (χ0n) is 15.3. The Balaban J connectivity index is 1.78. The van der Waals surface area contributed by atoms with Gasteiger partial charge in [0, 0.05) is 41.3 Å². The first kappa shape index (κ1) is 16.4. The highest BCUT2D eigenvalue weighted by Crippen LogP contribution is 2.40. The number of H-pyrrole nitrogens is 1. The molecule has 0 atom stereocenters. The molecule has 3 aromatic rings. The van der Waals surface area contributed by atoms with Crippen LogP contribution in [0.2, 0.25) is 0 Å². The Morgan fingerprint density at radius 2 is 2.12 bits per heavy atom. The Kier molecular flexibility index (Phi) is 4.21. The molecule has 1 aliphatic heterocycles. The average molecular weight is 346 g/mol. The Hall–Kier alpha value is -3.08. The van der Waals surface area contributed by atoms with E-state index in [-0.39, 0.29) is 0 Å². The second-order valence-corrected chi connectivity index (χ2v) is 6.52. The zero-order chi connectivity index (χ0) is 18.1. The number of aryl methyl sites for hydroxylation is 2. The number of benzene rings is 1. The summed E-state index contributed by atoms with van der Waals surface area (Å²) in [6.45, 7) is 5.68. The van der Waals surface area contributed by atoms with Gasteiger partial charge in [0.2, 0.25) is 0 Å². The minimum Gasteiger partial charge on any atom is -0.496 e. The number of fused-ring (bicyclic) bond motifs is 1. The topological polar surface area (TPSA) is 54.0 Å². The van der Waals surface area contributed by atoms with Crippen molar-refractivity contribution in [3.63, 3.8) is 0 Å². The lowest BCUT2D eigenvalue weighted by Crippen LogP contribution is -2.26. The molecule has 3 heterocycles. The van der Waals surface area contributed by atoms with E-state index in [4.69, 9.17) is 4.74 Å². The van der Waals surface area contributed by atoms with Gasteiger partial charge in [0.05, 0.1) is 25.0 Å². The summed E-state index contributed by atoms with van der Waals surface area (Å²) < 4.78 is 5.74. The lowest BCUT2D eigenvalue weighted by Gasteiger charge is -2.29. The van der Waals surface area contributed by atoms with Crippen molar-refractivity contribution in [2.45, 2.75) is 20.4 Å². The molecule has 1 aliphatic rings. The predicted octanol–water partition coefficient (Wildman–Crippen LogP) is 4.13. The van der Waals surface area contributed by atoms with Crippen molar-refractivity contribution in [3.05, 3.63) is 65.2 Å². The first-order chi connectivity index (χ1) is 12.7. The highest BCUT2D eigenvalue weighted by atomic mass is 16.5. The maximum atomic E-state index is 5.74. The molecule has 0 spiro atoms. The molecule has 26 heavy (non-hydrogen) atoms. The lowest BCUT2D eigenvalue weighted by molar-refractivity contribution is 0.416. The van der Waals surface area contributed by atoms with E-state index in [1.54, 1.807) is 7.11 Å². The Labute approximate surface area is 153 Å². The normalized spacial score (nSPS) is 13.0. The van der Waals surface area contributed by atoms with Crippen LogP contribution in [-0.2, 0) is 6.54 Å². The predicted molar refractivity (Wildman–Crippen MR) is 104 cm³/mol. The van der Waals surface area contributed by atoms with Gasteiger partial charge in [0.1, 0.15) is 5.75 Å². The number of methoxy groups -OCH3 is 1. The fourth-order valence-electron chi connectivity index (χ4n) is 3.55. The summed E-state index contributed by atoms with van der Waals surface area (Å²) in [6, 6.07) is 10.3. The quantitative estimate of drug-likeness (QED) is 0.772. The maximum Gasteiger partial charge on any atom is 0.128 e. The molecule has 5 nitrogen and oxygen atoms in total. The van der Waals surface area contributed by atoms with Crippen molar-refractivity contribution in [1.82, 2.24) is 15.2 Å². The van der Waals surface area contributed by atoms with Crippen molar-refractivity contribution in [1.29, 1.82) is 0 Å². The third-order valence-electron chi connectivity index (χ3n) is 4.79. The third kappa shape index (κ3) is 2.86. The van der Waals surface area contributed by atoms with Gasteiger partial charge in [-0.05, 0) is 37.6 Å². The summed E-state index contributed by atoms with van der Waals surface area (Å²) >= 11 is 0. The first-order valence-corrected chi connectivity index (χ1v) is 8.72. The van der Waals surface area contributed by atoms with Crippen LogP contribution >= 0.6 is 0 Å². The number of nitrogens with one attached hydrogen (secondary N) is 1. The van der Waals surface area contributed by atoms with E-state index in [1.807, 2.05) is 32.2 Å². The summed E-state index contributed by atoms with van der Waals surface area (Å²) in [4.78, 5) is 6.78. The fraction of sp³-hybridized carbons (Fsp3) is 0.238. The molecule has 0 aliphatic carbocycles. The van der Waals surface area contributed by atoms with Gasteiger partial charge in [-0.3, -0.25) is 10.1 Å². The van der Waals surface area contributed by atoms with Crippen molar-refractivity contribution >= 4 is 11.8 Å². The van der Waals surface area contributed by atoms with E-state index in [9.17, 15) is 0 Å². The van der Waals surface area contributed by atoms with Crippen LogP contribution < -0.4 is 9.64 Å². The molecule has 0 saturated heterocycles. The standard InChI is InChI=1S/C21H22N4O/c1-14-21(15(2)24-23-14)18-11-16-7-6-10-25(19(16)12-20(18)26-3)13-17-8-4-5-9-22-17/h4-9,11-12H,10,13H2,1-3H3,(H,23,24). The van der Waals surface area contributed by atoms with Gasteiger partial charge in [-0.1, -0.05) is 18.2 Å². The number of rotatable bonds is 4. The van der Waals surface area contributed by atoms with Gasteiger partial charge in [-0.2, -0.15) is 5.10 Å². The molecule has 0 fully saturated rings. The SMILES string of the molecule is COc1cc2c(cc1-c1c(C)n[nH]c1C)C=CCN2Cc1ccccn1. The molecular weight excluding hydrogens is 324 g/mol. The zero-order valence-corrected chi connectivity index (χ0v) is 15.3. The van der Waals surface area contributed by atoms with E-state index >= 15 is 0 Å². The van der Waals surface area contributed by atoms with Crippen LogP contribution in [-0.4, -0.2) is 28.8 Å². The largest absolute Gasteiger partial charge is 0.496 e. The first-order valence-electron chi connectivity index (χ1n) is 8.72. The van der Waals surface area contributed by atoms with Gasteiger partial charge in [-0.25, -0.2) is 0 Å². The van der Waals surface area contributed by atoms with Gasteiger partial charge in [0.15, 0.2) is 0 Å². The monoisotopic (exact) mass is 346 g/mol. The number of anilines is 1. The van der Waals surface area contributed by atoms with Crippen LogP contribution in [0.1, 0.15) is 22.6 Å². The van der Waals surface area contributed by atoms with E-state index in [1.165, 1.54) is 5.56 Å². The summed E-state index contributed by atoms with van der Waals surface area (Å²) in [6.07, 6.45) is 6.21. The molecular formula is C21H22N4O. The van der Waals surface area contributed by atoms with Crippen LogP contribution in [0.15, 0.2) is 42.6 Å². The van der Waals surface area contributed by atoms with E-state index in [2.05, 4.69) is 50.4 Å². The summed E-state index contributed by atoms with van der Waals surface area (Å²) in [5.74, 6) is 0.859. The average Bonchev–Trinajstić information content (AvgIpc) is 3.00. The second kappa shape index (κ2) is 6.67. The fourth-order valence-corrected chi connectivity index (χ4v) is 3.55. The second-order valence-electron chi connectivity index (χ2n) is 6.52. The Morgan fingerprint density at radius 3 is 2.81 bits per heavy atom. The molecule has 0 bridgehead atoms. The number of aromatic amines is 1.